The summed E-state index contributed by atoms with van der Waals surface area (Å²) in [5.74, 6) is -1.07. The first-order valence-corrected chi connectivity index (χ1v) is 6.31. The molecule has 5 heteroatoms. The van der Waals surface area contributed by atoms with E-state index in [2.05, 4.69) is 4.90 Å². The molecule has 2 aromatic rings. The zero-order valence-electron chi connectivity index (χ0n) is 10.6. The standard InChI is InChI=1S/C14H15NO4/c1-2-18-11-7-15(8-11)10-4-3-9-5-13(14(16)17)19-12(9)6-10/h3-6,11H,2,7-8H2,1H3,(H,16,17). The van der Waals surface area contributed by atoms with Crippen molar-refractivity contribution in [1.82, 2.24) is 0 Å². The number of carbonyl (C=O) groups is 1. The molecule has 0 atom stereocenters. The first-order valence-electron chi connectivity index (χ1n) is 6.31. The van der Waals surface area contributed by atoms with E-state index in [1.165, 1.54) is 0 Å². The average molecular weight is 261 g/mol. The van der Waals surface area contributed by atoms with Gasteiger partial charge < -0.3 is 19.2 Å². The molecule has 0 amide bonds. The lowest BCUT2D eigenvalue weighted by molar-refractivity contribution is 0.0431. The molecular weight excluding hydrogens is 246 g/mol. The van der Waals surface area contributed by atoms with Gasteiger partial charge in [-0.2, -0.15) is 0 Å². The Kier molecular flexibility index (Phi) is 2.91. The first-order chi connectivity index (χ1) is 9.17. The Morgan fingerprint density at radius 2 is 2.26 bits per heavy atom. The minimum Gasteiger partial charge on any atom is -0.475 e. The van der Waals surface area contributed by atoms with E-state index in [4.69, 9.17) is 14.3 Å². The molecule has 3 rings (SSSR count). The summed E-state index contributed by atoms with van der Waals surface area (Å²) < 4.78 is 10.8. The molecule has 1 aliphatic rings. The van der Waals surface area contributed by atoms with E-state index in [1.807, 2.05) is 25.1 Å². The van der Waals surface area contributed by atoms with E-state index in [-0.39, 0.29) is 5.76 Å². The first kappa shape index (κ1) is 12.0. The molecule has 100 valence electrons. The maximum Gasteiger partial charge on any atom is 0.371 e. The fourth-order valence-electron chi connectivity index (χ4n) is 2.31. The molecule has 0 saturated carbocycles. The SMILES string of the molecule is CCOC1CN(c2ccc3cc(C(=O)O)oc3c2)C1. The Morgan fingerprint density at radius 1 is 1.47 bits per heavy atom. The number of benzene rings is 1. The smallest absolute Gasteiger partial charge is 0.371 e. The summed E-state index contributed by atoms with van der Waals surface area (Å²) in [7, 11) is 0. The third-order valence-electron chi connectivity index (χ3n) is 3.33. The Balaban J connectivity index is 1.80. The minimum atomic E-state index is -1.04. The van der Waals surface area contributed by atoms with Crippen LogP contribution in [0.3, 0.4) is 0 Å². The van der Waals surface area contributed by atoms with Gasteiger partial charge in [-0.25, -0.2) is 4.79 Å². The molecule has 0 aliphatic carbocycles. The highest BCUT2D eigenvalue weighted by Crippen LogP contribution is 2.28. The van der Waals surface area contributed by atoms with Crippen molar-refractivity contribution in [2.45, 2.75) is 13.0 Å². The zero-order valence-corrected chi connectivity index (χ0v) is 10.6. The van der Waals surface area contributed by atoms with Gasteiger partial charge in [-0.15, -0.1) is 0 Å². The number of ether oxygens (including phenoxy) is 1. The lowest BCUT2D eigenvalue weighted by Gasteiger charge is -2.40. The van der Waals surface area contributed by atoms with E-state index < -0.39 is 5.97 Å². The van der Waals surface area contributed by atoms with Crippen molar-refractivity contribution in [3.8, 4) is 0 Å². The normalized spacial score (nSPS) is 15.7. The minimum absolute atomic E-state index is 0.0250. The van der Waals surface area contributed by atoms with Crippen LogP contribution in [0.15, 0.2) is 28.7 Å². The number of anilines is 1. The summed E-state index contributed by atoms with van der Waals surface area (Å²) in [6.45, 7) is 4.46. The molecule has 0 bridgehead atoms. The predicted molar refractivity (Wildman–Crippen MR) is 70.8 cm³/mol. The molecule has 1 aliphatic heterocycles. The van der Waals surface area contributed by atoms with Crippen LogP contribution >= 0.6 is 0 Å². The largest absolute Gasteiger partial charge is 0.475 e. The van der Waals surface area contributed by atoms with Gasteiger partial charge in [0, 0.05) is 36.8 Å². The highest BCUT2D eigenvalue weighted by atomic mass is 16.5. The van der Waals surface area contributed by atoms with Crippen LogP contribution in [0.25, 0.3) is 11.0 Å². The summed E-state index contributed by atoms with van der Waals surface area (Å²) in [5, 5.41) is 9.70. The molecule has 5 nitrogen and oxygen atoms in total. The maximum atomic E-state index is 10.9. The summed E-state index contributed by atoms with van der Waals surface area (Å²) in [6.07, 6.45) is 0.298. The molecule has 2 heterocycles. The molecule has 1 aromatic carbocycles. The van der Waals surface area contributed by atoms with Gasteiger partial charge in [-0.05, 0) is 25.1 Å². The zero-order chi connectivity index (χ0) is 13.4. The molecule has 19 heavy (non-hydrogen) atoms. The van der Waals surface area contributed by atoms with Crippen LogP contribution in [0.5, 0.6) is 0 Å². The van der Waals surface area contributed by atoms with Crippen molar-refractivity contribution in [2.75, 3.05) is 24.6 Å². The van der Waals surface area contributed by atoms with Gasteiger partial charge in [0.05, 0.1) is 6.10 Å². The van der Waals surface area contributed by atoms with Crippen LogP contribution in [0.2, 0.25) is 0 Å². The number of rotatable bonds is 4. The number of carboxylic acids is 1. The number of aromatic carboxylic acids is 1. The lowest BCUT2D eigenvalue weighted by atomic mass is 10.1. The van der Waals surface area contributed by atoms with Crippen LogP contribution in [-0.2, 0) is 4.74 Å². The number of hydrogen-bond acceptors (Lipinski definition) is 4. The van der Waals surface area contributed by atoms with Gasteiger partial charge in [-0.1, -0.05) is 0 Å². The Morgan fingerprint density at radius 3 is 2.95 bits per heavy atom. The topological polar surface area (TPSA) is 62.9 Å². The molecule has 0 spiro atoms. The monoisotopic (exact) mass is 261 g/mol. The van der Waals surface area contributed by atoms with E-state index in [1.54, 1.807) is 6.07 Å². The molecular formula is C14H15NO4. The number of nitrogens with zero attached hydrogens (tertiary/aromatic N) is 1. The Bertz CT molecular complexity index is 613. The summed E-state index contributed by atoms with van der Waals surface area (Å²) in [5.41, 5.74) is 1.64. The highest BCUT2D eigenvalue weighted by molar-refractivity contribution is 5.92. The Hall–Kier alpha value is -2.01. The van der Waals surface area contributed by atoms with Crippen LogP contribution in [0.1, 0.15) is 17.5 Å². The van der Waals surface area contributed by atoms with Crippen molar-refractivity contribution in [3.05, 3.63) is 30.0 Å². The van der Waals surface area contributed by atoms with Crippen molar-refractivity contribution >= 4 is 22.6 Å². The van der Waals surface area contributed by atoms with Crippen LogP contribution in [0, 0.1) is 0 Å². The van der Waals surface area contributed by atoms with Crippen molar-refractivity contribution in [1.29, 1.82) is 0 Å². The average Bonchev–Trinajstić information content (AvgIpc) is 2.76. The van der Waals surface area contributed by atoms with E-state index in [9.17, 15) is 4.79 Å². The predicted octanol–water partition coefficient (Wildman–Crippen LogP) is 2.36. The van der Waals surface area contributed by atoms with Gasteiger partial charge in [0.2, 0.25) is 5.76 Å². The van der Waals surface area contributed by atoms with Gasteiger partial charge in [0.1, 0.15) is 5.58 Å². The van der Waals surface area contributed by atoms with E-state index >= 15 is 0 Å². The molecule has 1 fully saturated rings. The van der Waals surface area contributed by atoms with Crippen molar-refractivity contribution < 1.29 is 19.1 Å². The number of furan rings is 1. The molecule has 0 radical (unpaired) electrons. The maximum absolute atomic E-state index is 10.9. The summed E-state index contributed by atoms with van der Waals surface area (Å²) in [6, 6.07) is 7.28. The highest BCUT2D eigenvalue weighted by Gasteiger charge is 2.27. The molecule has 1 aromatic heterocycles. The number of hydrogen-bond donors (Lipinski definition) is 1. The van der Waals surface area contributed by atoms with E-state index in [0.29, 0.717) is 11.7 Å². The van der Waals surface area contributed by atoms with Crippen molar-refractivity contribution in [2.24, 2.45) is 0 Å². The van der Waals surface area contributed by atoms with Crippen LogP contribution < -0.4 is 4.90 Å². The fourth-order valence-corrected chi connectivity index (χ4v) is 2.31. The molecule has 1 saturated heterocycles. The quantitative estimate of drug-likeness (QED) is 0.915. The Labute approximate surface area is 110 Å². The van der Waals surface area contributed by atoms with E-state index in [0.717, 1.165) is 30.8 Å². The second kappa shape index (κ2) is 4.59. The summed E-state index contributed by atoms with van der Waals surface area (Å²) >= 11 is 0. The molecule has 0 unspecified atom stereocenters. The summed E-state index contributed by atoms with van der Waals surface area (Å²) in [4.78, 5) is 13.0. The second-order valence-electron chi connectivity index (χ2n) is 4.62. The van der Waals surface area contributed by atoms with Gasteiger partial charge >= 0.3 is 5.97 Å². The van der Waals surface area contributed by atoms with Crippen molar-refractivity contribution in [3.63, 3.8) is 0 Å². The fraction of sp³-hybridized carbons (Fsp3) is 0.357. The third-order valence-corrected chi connectivity index (χ3v) is 3.33. The van der Waals surface area contributed by atoms with Gasteiger partial charge in [0.25, 0.3) is 0 Å². The van der Waals surface area contributed by atoms with Crippen LogP contribution in [0.4, 0.5) is 5.69 Å². The van der Waals surface area contributed by atoms with Gasteiger partial charge in [0.15, 0.2) is 0 Å². The van der Waals surface area contributed by atoms with Gasteiger partial charge in [-0.3, -0.25) is 0 Å². The number of carboxylic acid groups (broad SMARTS) is 1. The molecule has 1 N–H and O–H groups in total. The number of fused-ring (bicyclic) bond motifs is 1. The third kappa shape index (κ3) is 2.17. The van der Waals surface area contributed by atoms with Crippen LogP contribution in [-0.4, -0.2) is 36.9 Å². The second-order valence-corrected chi connectivity index (χ2v) is 4.62. The lowest BCUT2D eigenvalue weighted by Crippen LogP contribution is -2.52.